The molecule has 2 aliphatic heterocycles. The molecular weight excluding hydrogens is 252 g/mol. The van der Waals surface area contributed by atoms with Gasteiger partial charge in [0.1, 0.15) is 5.75 Å². The van der Waals surface area contributed by atoms with Crippen LogP contribution in [-0.4, -0.2) is 36.9 Å². The third-order valence-electron chi connectivity index (χ3n) is 4.55. The summed E-state index contributed by atoms with van der Waals surface area (Å²) in [5, 5.41) is 3.43. The monoisotopic (exact) mass is 276 g/mol. The van der Waals surface area contributed by atoms with Gasteiger partial charge < -0.3 is 14.8 Å². The van der Waals surface area contributed by atoms with Crippen molar-refractivity contribution in [3.63, 3.8) is 0 Å². The maximum Gasteiger partial charge on any atom is 0.122 e. The molecule has 1 unspecified atom stereocenters. The number of ether oxygens (including phenoxy) is 2. The Kier molecular flexibility index (Phi) is 4.53. The number of aromatic nitrogens is 1. The van der Waals surface area contributed by atoms with Crippen LogP contribution in [0, 0.1) is 5.92 Å². The van der Waals surface area contributed by atoms with Gasteiger partial charge in [-0.25, -0.2) is 0 Å². The topological polar surface area (TPSA) is 43.4 Å². The minimum Gasteiger partial charge on any atom is -0.493 e. The summed E-state index contributed by atoms with van der Waals surface area (Å²) in [7, 11) is 0. The second kappa shape index (κ2) is 6.55. The zero-order valence-electron chi connectivity index (χ0n) is 12.0. The highest BCUT2D eigenvalue weighted by Gasteiger charge is 2.38. The van der Waals surface area contributed by atoms with Crippen molar-refractivity contribution < 1.29 is 9.47 Å². The van der Waals surface area contributed by atoms with Gasteiger partial charge in [0.15, 0.2) is 0 Å². The molecule has 0 saturated carbocycles. The van der Waals surface area contributed by atoms with Crippen molar-refractivity contribution in [3.05, 3.63) is 24.5 Å². The largest absolute Gasteiger partial charge is 0.493 e. The third-order valence-corrected chi connectivity index (χ3v) is 4.55. The van der Waals surface area contributed by atoms with E-state index in [0.717, 1.165) is 57.2 Å². The highest BCUT2D eigenvalue weighted by molar-refractivity contribution is 5.16. The summed E-state index contributed by atoms with van der Waals surface area (Å²) in [4.78, 5) is 4.00. The van der Waals surface area contributed by atoms with Crippen LogP contribution in [0.25, 0.3) is 0 Å². The molecule has 3 rings (SSSR count). The standard InChI is InChI=1S/C16H24N2O2/c1-7-17-8-2-15(1)19-11-3-14-4-12-20-16(13-14)5-9-18-10-6-16/h1-2,7-8,14,18H,3-6,9-13H2. The normalized spacial score (nSPS) is 25.5. The van der Waals surface area contributed by atoms with Gasteiger partial charge in [-0.1, -0.05) is 0 Å². The van der Waals surface area contributed by atoms with Gasteiger partial charge in [0, 0.05) is 19.0 Å². The van der Waals surface area contributed by atoms with E-state index in [1.807, 2.05) is 12.1 Å². The highest BCUT2D eigenvalue weighted by atomic mass is 16.5. The van der Waals surface area contributed by atoms with Gasteiger partial charge in [-0.15, -0.1) is 0 Å². The first kappa shape index (κ1) is 13.8. The predicted octanol–water partition coefficient (Wildman–Crippen LogP) is 2.40. The van der Waals surface area contributed by atoms with Crippen molar-refractivity contribution in [1.29, 1.82) is 0 Å². The molecular formula is C16H24N2O2. The van der Waals surface area contributed by atoms with Gasteiger partial charge in [-0.05, 0) is 63.2 Å². The number of rotatable bonds is 4. The molecule has 2 fully saturated rings. The molecule has 4 nitrogen and oxygen atoms in total. The zero-order chi connectivity index (χ0) is 13.7. The van der Waals surface area contributed by atoms with E-state index in [0.29, 0.717) is 0 Å². The Balaban J connectivity index is 1.45. The summed E-state index contributed by atoms with van der Waals surface area (Å²) in [6.45, 7) is 3.91. The van der Waals surface area contributed by atoms with Crippen LogP contribution in [0.2, 0.25) is 0 Å². The van der Waals surface area contributed by atoms with Crippen LogP contribution in [0.15, 0.2) is 24.5 Å². The van der Waals surface area contributed by atoms with Crippen LogP contribution in [0.5, 0.6) is 5.75 Å². The second-order valence-electron chi connectivity index (χ2n) is 5.96. The Morgan fingerprint density at radius 2 is 2.10 bits per heavy atom. The van der Waals surface area contributed by atoms with Crippen molar-refractivity contribution in [2.24, 2.45) is 5.92 Å². The van der Waals surface area contributed by atoms with Crippen molar-refractivity contribution >= 4 is 0 Å². The van der Waals surface area contributed by atoms with Crippen molar-refractivity contribution in [2.45, 2.75) is 37.7 Å². The van der Waals surface area contributed by atoms with Gasteiger partial charge in [-0.2, -0.15) is 0 Å². The van der Waals surface area contributed by atoms with Crippen molar-refractivity contribution in [1.82, 2.24) is 10.3 Å². The number of nitrogens with zero attached hydrogens (tertiary/aromatic N) is 1. The first-order valence-corrected chi connectivity index (χ1v) is 7.74. The van der Waals surface area contributed by atoms with E-state index in [2.05, 4.69) is 10.3 Å². The summed E-state index contributed by atoms with van der Waals surface area (Å²) in [5.74, 6) is 1.66. The minimum absolute atomic E-state index is 0.158. The van der Waals surface area contributed by atoms with Crippen LogP contribution >= 0.6 is 0 Å². The molecule has 1 spiro atoms. The van der Waals surface area contributed by atoms with E-state index in [4.69, 9.17) is 9.47 Å². The molecule has 1 aromatic heterocycles. The van der Waals surface area contributed by atoms with Crippen LogP contribution in [-0.2, 0) is 4.74 Å². The number of hydrogen-bond acceptors (Lipinski definition) is 4. The molecule has 2 aliphatic rings. The average molecular weight is 276 g/mol. The Hall–Kier alpha value is -1.13. The number of nitrogens with one attached hydrogen (secondary N) is 1. The van der Waals surface area contributed by atoms with Gasteiger partial charge in [-0.3, -0.25) is 4.98 Å². The maximum atomic E-state index is 6.11. The van der Waals surface area contributed by atoms with Gasteiger partial charge in [0.25, 0.3) is 0 Å². The molecule has 1 atom stereocenters. The quantitative estimate of drug-likeness (QED) is 0.917. The third kappa shape index (κ3) is 3.49. The fourth-order valence-corrected chi connectivity index (χ4v) is 3.38. The van der Waals surface area contributed by atoms with Crippen LogP contribution in [0.4, 0.5) is 0 Å². The van der Waals surface area contributed by atoms with Crippen molar-refractivity contribution in [2.75, 3.05) is 26.3 Å². The molecule has 3 heterocycles. The number of hydrogen-bond donors (Lipinski definition) is 1. The van der Waals surface area contributed by atoms with Crippen LogP contribution < -0.4 is 10.1 Å². The SMILES string of the molecule is c1cc(OCCC2CCOC3(CCNCC3)C2)ccn1. The minimum atomic E-state index is 0.158. The Bertz CT molecular complexity index is 399. The Morgan fingerprint density at radius 1 is 1.30 bits per heavy atom. The van der Waals surface area contributed by atoms with Crippen LogP contribution in [0.3, 0.4) is 0 Å². The van der Waals surface area contributed by atoms with Gasteiger partial charge >= 0.3 is 0 Å². The maximum absolute atomic E-state index is 6.11. The fraction of sp³-hybridized carbons (Fsp3) is 0.688. The van der Waals surface area contributed by atoms with E-state index in [9.17, 15) is 0 Å². The molecule has 0 radical (unpaired) electrons. The Morgan fingerprint density at radius 3 is 2.90 bits per heavy atom. The van der Waals surface area contributed by atoms with Gasteiger partial charge in [0.2, 0.25) is 0 Å². The molecule has 0 amide bonds. The molecule has 1 N–H and O–H groups in total. The van der Waals surface area contributed by atoms with Crippen LogP contribution in [0.1, 0.15) is 32.1 Å². The molecule has 0 aliphatic carbocycles. The summed E-state index contributed by atoms with van der Waals surface area (Å²) in [6.07, 6.45) is 9.37. The molecule has 0 bridgehead atoms. The molecule has 4 heteroatoms. The summed E-state index contributed by atoms with van der Waals surface area (Å²) >= 11 is 0. The second-order valence-corrected chi connectivity index (χ2v) is 5.96. The first-order chi connectivity index (χ1) is 9.86. The highest BCUT2D eigenvalue weighted by Crippen LogP contribution is 2.37. The smallest absolute Gasteiger partial charge is 0.122 e. The lowest BCUT2D eigenvalue weighted by Crippen LogP contribution is -2.48. The lowest BCUT2D eigenvalue weighted by Gasteiger charge is -2.43. The molecule has 1 aromatic rings. The average Bonchev–Trinajstić information content (AvgIpc) is 2.49. The Labute approximate surface area is 120 Å². The fourth-order valence-electron chi connectivity index (χ4n) is 3.38. The lowest BCUT2D eigenvalue weighted by atomic mass is 9.79. The zero-order valence-corrected chi connectivity index (χ0v) is 12.0. The summed E-state index contributed by atoms with van der Waals surface area (Å²) in [6, 6.07) is 3.83. The number of pyridine rings is 1. The van der Waals surface area contributed by atoms with E-state index in [1.165, 1.54) is 12.8 Å². The summed E-state index contributed by atoms with van der Waals surface area (Å²) in [5.41, 5.74) is 0.158. The molecule has 2 saturated heterocycles. The first-order valence-electron chi connectivity index (χ1n) is 7.74. The van der Waals surface area contributed by atoms with E-state index in [-0.39, 0.29) is 5.60 Å². The molecule has 0 aromatic carbocycles. The van der Waals surface area contributed by atoms with Crippen molar-refractivity contribution in [3.8, 4) is 5.75 Å². The number of piperidine rings is 1. The predicted molar refractivity (Wildman–Crippen MR) is 77.9 cm³/mol. The van der Waals surface area contributed by atoms with E-state index < -0.39 is 0 Å². The molecule has 110 valence electrons. The van der Waals surface area contributed by atoms with Gasteiger partial charge in [0.05, 0.1) is 12.2 Å². The van der Waals surface area contributed by atoms with E-state index >= 15 is 0 Å². The van der Waals surface area contributed by atoms with E-state index in [1.54, 1.807) is 12.4 Å². The lowest BCUT2D eigenvalue weighted by molar-refractivity contribution is -0.115. The summed E-state index contributed by atoms with van der Waals surface area (Å²) < 4.78 is 11.9. The molecule has 20 heavy (non-hydrogen) atoms.